The molecule has 0 bridgehead atoms. The summed E-state index contributed by atoms with van der Waals surface area (Å²) in [6.07, 6.45) is 1.49. The number of rotatable bonds is 10. The Morgan fingerprint density at radius 3 is 2.55 bits per heavy atom. The van der Waals surface area contributed by atoms with Gasteiger partial charge in [-0.1, -0.05) is 26.0 Å². The van der Waals surface area contributed by atoms with Gasteiger partial charge in [-0.05, 0) is 36.9 Å². The smallest absolute Gasteiger partial charge is 0.268 e. The summed E-state index contributed by atoms with van der Waals surface area (Å²) in [7, 11) is -0.362. The minimum Gasteiger partial charge on any atom is -0.497 e. The second kappa shape index (κ2) is 11.1. The minimum atomic E-state index is -3.67. The van der Waals surface area contributed by atoms with Gasteiger partial charge in [0.05, 0.1) is 26.4 Å². The Hall–Kier alpha value is -2.40. The number of aryl methyl sites for hydroxylation is 1. The highest BCUT2D eigenvalue weighted by atomic mass is 32.2. The molecular formula is C23H34N4O5S. The van der Waals surface area contributed by atoms with Crippen molar-refractivity contribution in [2.75, 3.05) is 53.0 Å². The van der Waals surface area contributed by atoms with Crippen LogP contribution in [0, 0.1) is 0 Å². The maximum atomic E-state index is 13.0. The maximum Gasteiger partial charge on any atom is 0.268 e. The molecule has 1 aliphatic rings. The van der Waals surface area contributed by atoms with Gasteiger partial charge < -0.3 is 19.4 Å². The van der Waals surface area contributed by atoms with Crippen LogP contribution in [0.5, 0.6) is 5.75 Å². The number of aromatic nitrogens is 1. The third-order valence-electron chi connectivity index (χ3n) is 6.01. The topological polar surface area (TPSA) is 93.1 Å². The van der Waals surface area contributed by atoms with Crippen LogP contribution in [0.4, 0.5) is 0 Å². The predicted molar refractivity (Wildman–Crippen MR) is 126 cm³/mol. The average Bonchev–Trinajstić information content (AvgIpc) is 3.24. The van der Waals surface area contributed by atoms with E-state index in [0.29, 0.717) is 38.5 Å². The molecule has 0 radical (unpaired) electrons. The molecule has 1 N–H and O–H groups in total. The van der Waals surface area contributed by atoms with E-state index < -0.39 is 10.0 Å². The van der Waals surface area contributed by atoms with Gasteiger partial charge in [-0.3, -0.25) is 9.69 Å². The Labute approximate surface area is 196 Å². The molecular weight excluding hydrogens is 444 g/mol. The molecule has 1 fully saturated rings. The van der Waals surface area contributed by atoms with E-state index in [1.807, 2.05) is 24.3 Å². The number of methoxy groups -OCH3 is 1. The van der Waals surface area contributed by atoms with E-state index in [2.05, 4.69) is 24.1 Å². The number of carbonyl (C=O) groups is 1. The third-order valence-corrected chi connectivity index (χ3v) is 7.87. The molecule has 0 aliphatic carbocycles. The van der Waals surface area contributed by atoms with Crippen molar-refractivity contribution in [1.29, 1.82) is 0 Å². The van der Waals surface area contributed by atoms with Crippen LogP contribution in [-0.2, 0) is 21.8 Å². The molecule has 1 aromatic carbocycles. The zero-order chi connectivity index (χ0) is 24.0. The fourth-order valence-electron chi connectivity index (χ4n) is 4.09. The van der Waals surface area contributed by atoms with Crippen LogP contribution in [0.15, 0.2) is 41.4 Å². The molecule has 1 aromatic heterocycles. The van der Waals surface area contributed by atoms with Gasteiger partial charge in [0.25, 0.3) is 5.91 Å². The molecule has 182 valence electrons. The van der Waals surface area contributed by atoms with Gasteiger partial charge in [0.1, 0.15) is 16.3 Å². The van der Waals surface area contributed by atoms with E-state index in [1.165, 1.54) is 16.6 Å². The molecule has 33 heavy (non-hydrogen) atoms. The summed E-state index contributed by atoms with van der Waals surface area (Å²) in [5, 5.41) is 3.00. The molecule has 9 nitrogen and oxygen atoms in total. The summed E-state index contributed by atoms with van der Waals surface area (Å²) >= 11 is 0. The summed E-state index contributed by atoms with van der Waals surface area (Å²) in [4.78, 5) is 15.4. The van der Waals surface area contributed by atoms with Crippen LogP contribution in [-0.4, -0.2) is 81.1 Å². The lowest BCUT2D eigenvalue weighted by atomic mass is 10.0. The van der Waals surface area contributed by atoms with Gasteiger partial charge in [0, 0.05) is 32.9 Å². The molecule has 1 unspecified atom stereocenters. The lowest BCUT2D eigenvalue weighted by Gasteiger charge is -2.30. The second-order valence-corrected chi connectivity index (χ2v) is 9.85. The number of ether oxygens (including phenoxy) is 2. The molecule has 3 rings (SSSR count). The van der Waals surface area contributed by atoms with Crippen molar-refractivity contribution >= 4 is 15.9 Å². The SMILES string of the molecule is CCN(CC)C(CNC(=O)c1cc(S(=O)(=O)N2CCOCC2)cn1C)c1cccc(OC)c1. The van der Waals surface area contributed by atoms with E-state index in [4.69, 9.17) is 9.47 Å². The van der Waals surface area contributed by atoms with Crippen molar-refractivity contribution < 1.29 is 22.7 Å². The first-order valence-electron chi connectivity index (χ1n) is 11.2. The molecule has 10 heteroatoms. The van der Waals surface area contributed by atoms with Crippen molar-refractivity contribution in [3.8, 4) is 5.75 Å². The first kappa shape index (κ1) is 25.2. The van der Waals surface area contributed by atoms with Crippen molar-refractivity contribution in [1.82, 2.24) is 19.1 Å². The van der Waals surface area contributed by atoms with Crippen LogP contribution in [0.3, 0.4) is 0 Å². The van der Waals surface area contributed by atoms with Crippen molar-refractivity contribution in [2.24, 2.45) is 7.05 Å². The summed E-state index contributed by atoms with van der Waals surface area (Å²) in [5.74, 6) is 0.442. The highest BCUT2D eigenvalue weighted by Crippen LogP contribution is 2.24. The molecule has 2 heterocycles. The van der Waals surface area contributed by atoms with E-state index in [1.54, 1.807) is 18.7 Å². The number of likely N-dealkylation sites (N-methyl/N-ethyl adjacent to an activating group) is 1. The summed E-state index contributed by atoms with van der Waals surface area (Å²) in [6.45, 7) is 7.55. The lowest BCUT2D eigenvalue weighted by Crippen LogP contribution is -2.40. The maximum absolute atomic E-state index is 13.0. The van der Waals surface area contributed by atoms with Crippen molar-refractivity contribution in [3.63, 3.8) is 0 Å². The monoisotopic (exact) mass is 478 g/mol. The fraction of sp³-hybridized carbons (Fsp3) is 0.522. The van der Waals surface area contributed by atoms with Crippen LogP contribution in [0.25, 0.3) is 0 Å². The molecule has 1 saturated heterocycles. The summed E-state index contributed by atoms with van der Waals surface area (Å²) in [5.41, 5.74) is 1.34. The van der Waals surface area contributed by atoms with Gasteiger partial charge >= 0.3 is 0 Å². The minimum absolute atomic E-state index is 0.0455. The van der Waals surface area contributed by atoms with E-state index in [9.17, 15) is 13.2 Å². The quantitative estimate of drug-likeness (QED) is 0.560. The Morgan fingerprint density at radius 1 is 1.21 bits per heavy atom. The first-order chi connectivity index (χ1) is 15.8. The summed E-state index contributed by atoms with van der Waals surface area (Å²) in [6, 6.07) is 9.22. The average molecular weight is 479 g/mol. The largest absolute Gasteiger partial charge is 0.497 e. The van der Waals surface area contributed by atoms with Gasteiger partial charge in [-0.2, -0.15) is 4.31 Å². The van der Waals surface area contributed by atoms with E-state index in [-0.39, 0.29) is 16.8 Å². The Morgan fingerprint density at radius 2 is 1.91 bits per heavy atom. The van der Waals surface area contributed by atoms with Gasteiger partial charge in [0.15, 0.2) is 0 Å². The van der Waals surface area contributed by atoms with Crippen LogP contribution >= 0.6 is 0 Å². The number of nitrogens with zero attached hydrogens (tertiary/aromatic N) is 3. The number of hydrogen-bond acceptors (Lipinski definition) is 6. The predicted octanol–water partition coefficient (Wildman–Crippen LogP) is 1.87. The molecule has 0 saturated carbocycles. The van der Waals surface area contributed by atoms with E-state index in [0.717, 1.165) is 24.4 Å². The molecule has 2 aromatic rings. The number of benzene rings is 1. The third kappa shape index (κ3) is 5.75. The second-order valence-electron chi connectivity index (χ2n) is 7.91. The standard InChI is InChI=1S/C23H34N4O5S/c1-5-26(6-2)22(18-8-7-9-19(14-18)31-4)16-24-23(28)21-15-20(17-25(21)3)33(29,30)27-10-12-32-13-11-27/h7-9,14-15,17,22H,5-6,10-13,16H2,1-4H3,(H,24,28). The van der Waals surface area contributed by atoms with Crippen LogP contribution < -0.4 is 10.1 Å². The molecule has 1 atom stereocenters. The van der Waals surface area contributed by atoms with Gasteiger partial charge in [-0.15, -0.1) is 0 Å². The molecule has 0 spiro atoms. The van der Waals surface area contributed by atoms with Gasteiger partial charge in [-0.25, -0.2) is 8.42 Å². The normalized spacial score (nSPS) is 16.0. The number of morpholine rings is 1. The number of amides is 1. The van der Waals surface area contributed by atoms with E-state index >= 15 is 0 Å². The Balaban J connectivity index is 1.78. The first-order valence-corrected chi connectivity index (χ1v) is 12.7. The highest BCUT2D eigenvalue weighted by molar-refractivity contribution is 7.89. The number of nitrogens with one attached hydrogen (secondary N) is 1. The van der Waals surface area contributed by atoms with Gasteiger partial charge in [0.2, 0.25) is 10.0 Å². The highest BCUT2D eigenvalue weighted by Gasteiger charge is 2.29. The number of sulfonamides is 1. The van der Waals surface area contributed by atoms with Crippen molar-refractivity contribution in [2.45, 2.75) is 24.8 Å². The zero-order valence-electron chi connectivity index (χ0n) is 19.8. The lowest BCUT2D eigenvalue weighted by molar-refractivity contribution is 0.0730. The van der Waals surface area contributed by atoms with Crippen LogP contribution in [0.1, 0.15) is 35.9 Å². The van der Waals surface area contributed by atoms with Crippen LogP contribution in [0.2, 0.25) is 0 Å². The van der Waals surface area contributed by atoms with Crippen molar-refractivity contribution in [3.05, 3.63) is 47.8 Å². The fourth-order valence-corrected chi connectivity index (χ4v) is 5.57. The number of carbonyl (C=O) groups excluding carboxylic acids is 1. The summed E-state index contributed by atoms with van der Waals surface area (Å²) < 4.78 is 39.5. The zero-order valence-corrected chi connectivity index (χ0v) is 20.6. The Bertz CT molecular complexity index is 1040. The Kier molecular flexibility index (Phi) is 8.52. The molecule has 1 aliphatic heterocycles. The molecule has 1 amide bonds. The number of hydrogen-bond donors (Lipinski definition) is 1.